The van der Waals surface area contributed by atoms with E-state index < -0.39 is 0 Å². The summed E-state index contributed by atoms with van der Waals surface area (Å²) in [6, 6.07) is 18.7. The first kappa shape index (κ1) is 19.2. The maximum atomic E-state index is 11.9. The molecule has 0 aromatic heterocycles. The van der Waals surface area contributed by atoms with Crippen LogP contribution in [0.5, 0.6) is 0 Å². The average molecular weight is 339 g/mol. The molecule has 0 spiro atoms. The number of carbonyl (C=O) groups excluding carboxylic acids is 1. The molecule has 25 heavy (non-hydrogen) atoms. The summed E-state index contributed by atoms with van der Waals surface area (Å²) in [5, 5.41) is 0. The van der Waals surface area contributed by atoms with Crippen molar-refractivity contribution < 1.29 is 9.53 Å². The zero-order chi connectivity index (χ0) is 18.4. The van der Waals surface area contributed by atoms with E-state index in [9.17, 15) is 4.79 Å². The first-order chi connectivity index (χ1) is 11.9. The lowest BCUT2D eigenvalue weighted by Gasteiger charge is -2.33. The van der Waals surface area contributed by atoms with Gasteiger partial charge in [0.2, 0.25) is 0 Å². The highest BCUT2D eigenvalue weighted by Gasteiger charge is 2.31. The third kappa shape index (κ3) is 4.70. The van der Waals surface area contributed by atoms with Gasteiger partial charge in [0.05, 0.1) is 12.5 Å². The van der Waals surface area contributed by atoms with Crippen LogP contribution < -0.4 is 5.73 Å². The molecule has 2 aromatic rings. The van der Waals surface area contributed by atoms with E-state index in [4.69, 9.17) is 10.5 Å². The van der Waals surface area contributed by atoms with E-state index in [2.05, 4.69) is 50.2 Å². The Kier molecular flexibility index (Phi) is 6.38. The largest absolute Gasteiger partial charge is 0.466 e. The van der Waals surface area contributed by atoms with Gasteiger partial charge in [0.25, 0.3) is 0 Å². The smallest absolute Gasteiger partial charge is 0.308 e. The van der Waals surface area contributed by atoms with Crippen molar-refractivity contribution in [2.75, 3.05) is 6.61 Å². The molecule has 1 unspecified atom stereocenters. The first-order valence-corrected chi connectivity index (χ1v) is 8.94. The molecule has 0 radical (unpaired) electrons. The second-order valence-corrected chi connectivity index (χ2v) is 7.16. The molecule has 0 aliphatic heterocycles. The van der Waals surface area contributed by atoms with E-state index in [-0.39, 0.29) is 23.3 Å². The molecular formula is C22H29NO2. The number of rotatable bonds is 7. The van der Waals surface area contributed by atoms with E-state index in [1.54, 1.807) is 0 Å². The van der Waals surface area contributed by atoms with Crippen LogP contribution in [0.4, 0.5) is 0 Å². The maximum Gasteiger partial charge on any atom is 0.308 e. The van der Waals surface area contributed by atoms with Gasteiger partial charge in [-0.25, -0.2) is 0 Å². The molecule has 0 aliphatic rings. The molecule has 2 atom stereocenters. The predicted molar refractivity (Wildman–Crippen MR) is 103 cm³/mol. The van der Waals surface area contributed by atoms with Crippen molar-refractivity contribution in [1.29, 1.82) is 0 Å². The molecule has 0 saturated carbocycles. The molecule has 0 amide bonds. The van der Waals surface area contributed by atoms with E-state index in [0.717, 1.165) is 0 Å². The van der Waals surface area contributed by atoms with Gasteiger partial charge < -0.3 is 10.5 Å². The number of hydrogen-bond donors (Lipinski definition) is 1. The van der Waals surface area contributed by atoms with Crippen LogP contribution >= 0.6 is 0 Å². The Hall–Kier alpha value is -2.13. The molecule has 2 rings (SSSR count). The van der Waals surface area contributed by atoms with Gasteiger partial charge in [0, 0.05) is 11.5 Å². The number of esters is 1. The summed E-state index contributed by atoms with van der Waals surface area (Å²) in [6.45, 7) is 8.37. The summed E-state index contributed by atoms with van der Waals surface area (Å²) in [4.78, 5) is 11.9. The van der Waals surface area contributed by atoms with E-state index in [1.165, 1.54) is 16.7 Å². The highest BCUT2D eigenvalue weighted by atomic mass is 16.5. The average Bonchev–Trinajstić information content (AvgIpc) is 2.62. The monoisotopic (exact) mass is 339 g/mol. The van der Waals surface area contributed by atoms with Crippen LogP contribution in [0.2, 0.25) is 0 Å². The van der Waals surface area contributed by atoms with Crippen molar-refractivity contribution in [3.05, 3.63) is 60.2 Å². The lowest BCUT2D eigenvalue weighted by Crippen LogP contribution is -2.43. The van der Waals surface area contributed by atoms with Gasteiger partial charge in [-0.15, -0.1) is 0 Å². The second-order valence-electron chi connectivity index (χ2n) is 7.16. The minimum Gasteiger partial charge on any atom is -0.466 e. The minimum absolute atomic E-state index is 0.130. The predicted octanol–water partition coefficient (Wildman–Crippen LogP) is 4.55. The van der Waals surface area contributed by atoms with Crippen molar-refractivity contribution in [2.45, 2.75) is 45.6 Å². The highest BCUT2D eigenvalue weighted by Crippen LogP contribution is 2.31. The number of nitrogens with two attached hydrogens (primary N) is 1. The highest BCUT2D eigenvalue weighted by molar-refractivity contribution is 5.72. The zero-order valence-corrected chi connectivity index (χ0v) is 15.7. The molecule has 3 heteroatoms. The second kappa shape index (κ2) is 8.30. The summed E-state index contributed by atoms with van der Waals surface area (Å²) in [5.74, 6) is -0.369. The number of carbonyl (C=O) groups is 1. The summed E-state index contributed by atoms with van der Waals surface area (Å²) in [6.07, 6.45) is 0.603. The van der Waals surface area contributed by atoms with Crippen LogP contribution in [-0.4, -0.2) is 18.6 Å². The normalized spacial score (nSPS) is 14.0. The fraction of sp³-hybridized carbons (Fsp3) is 0.409. The zero-order valence-electron chi connectivity index (χ0n) is 15.7. The molecular weight excluding hydrogens is 310 g/mol. The van der Waals surface area contributed by atoms with Crippen LogP contribution in [0.1, 0.15) is 39.7 Å². The first-order valence-electron chi connectivity index (χ1n) is 8.94. The minimum atomic E-state index is -0.226. The van der Waals surface area contributed by atoms with Crippen LogP contribution in [0.3, 0.4) is 0 Å². The van der Waals surface area contributed by atoms with Gasteiger partial charge >= 0.3 is 5.97 Å². The van der Waals surface area contributed by atoms with Crippen molar-refractivity contribution in [3.8, 4) is 11.1 Å². The topological polar surface area (TPSA) is 52.3 Å². The SMILES string of the molecule is CCOC(=O)C(C)C[C@H](N)C(C)(C)c1ccc(-c2ccccc2)cc1. The summed E-state index contributed by atoms with van der Waals surface area (Å²) in [5.41, 5.74) is 9.80. The lowest BCUT2D eigenvalue weighted by atomic mass is 9.75. The van der Waals surface area contributed by atoms with Crippen molar-refractivity contribution in [3.63, 3.8) is 0 Å². The lowest BCUT2D eigenvalue weighted by molar-refractivity contribution is -0.147. The number of hydrogen-bond acceptors (Lipinski definition) is 3. The van der Waals surface area contributed by atoms with Crippen LogP contribution in [0.25, 0.3) is 11.1 Å². The van der Waals surface area contributed by atoms with Crippen LogP contribution in [-0.2, 0) is 14.9 Å². The molecule has 0 heterocycles. The third-order valence-corrected chi connectivity index (χ3v) is 4.96. The van der Waals surface area contributed by atoms with Crippen LogP contribution in [0.15, 0.2) is 54.6 Å². The Morgan fingerprint density at radius 1 is 1.04 bits per heavy atom. The Labute approximate surface area is 151 Å². The third-order valence-electron chi connectivity index (χ3n) is 4.96. The van der Waals surface area contributed by atoms with Gasteiger partial charge in [0.1, 0.15) is 0 Å². The Morgan fingerprint density at radius 2 is 1.60 bits per heavy atom. The standard InChI is InChI=1S/C22H29NO2/c1-5-25-21(24)16(2)15-20(23)22(3,4)19-13-11-18(12-14-19)17-9-7-6-8-10-17/h6-14,16,20H,5,15,23H2,1-4H3/t16?,20-/m0/s1. The van der Waals surface area contributed by atoms with E-state index >= 15 is 0 Å². The van der Waals surface area contributed by atoms with Gasteiger partial charge in [0.15, 0.2) is 0 Å². The Balaban J connectivity index is 2.11. The fourth-order valence-electron chi connectivity index (χ4n) is 2.99. The van der Waals surface area contributed by atoms with Gasteiger partial charge in [-0.05, 0) is 30.0 Å². The van der Waals surface area contributed by atoms with E-state index in [1.807, 2.05) is 32.0 Å². The van der Waals surface area contributed by atoms with Crippen molar-refractivity contribution in [2.24, 2.45) is 11.7 Å². The van der Waals surface area contributed by atoms with E-state index in [0.29, 0.717) is 13.0 Å². The summed E-state index contributed by atoms with van der Waals surface area (Å²) >= 11 is 0. The molecule has 2 N–H and O–H groups in total. The molecule has 0 fully saturated rings. The molecule has 134 valence electrons. The van der Waals surface area contributed by atoms with Crippen LogP contribution in [0, 0.1) is 5.92 Å². The quantitative estimate of drug-likeness (QED) is 0.753. The van der Waals surface area contributed by atoms with Crippen molar-refractivity contribution in [1.82, 2.24) is 0 Å². The Morgan fingerprint density at radius 3 is 2.16 bits per heavy atom. The maximum absolute atomic E-state index is 11.9. The number of benzene rings is 2. The molecule has 2 aromatic carbocycles. The van der Waals surface area contributed by atoms with Gasteiger partial charge in [-0.1, -0.05) is 75.4 Å². The molecule has 0 saturated heterocycles. The Bertz CT molecular complexity index is 677. The fourth-order valence-corrected chi connectivity index (χ4v) is 2.99. The van der Waals surface area contributed by atoms with Crippen molar-refractivity contribution >= 4 is 5.97 Å². The number of ether oxygens (including phenoxy) is 1. The summed E-state index contributed by atoms with van der Waals surface area (Å²) < 4.78 is 5.09. The van der Waals surface area contributed by atoms with Gasteiger partial charge in [-0.2, -0.15) is 0 Å². The van der Waals surface area contributed by atoms with Gasteiger partial charge in [-0.3, -0.25) is 4.79 Å². The molecule has 0 bridgehead atoms. The molecule has 3 nitrogen and oxygen atoms in total. The molecule has 0 aliphatic carbocycles. The summed E-state index contributed by atoms with van der Waals surface area (Å²) in [7, 11) is 0.